The number of hydrogen-bond donors (Lipinski definition) is 1. The molecule has 5 rings (SSSR count). The fraction of sp³-hybridized carbons (Fsp3) is 0.238. The van der Waals surface area contributed by atoms with Gasteiger partial charge in [0, 0.05) is 11.1 Å². The molecular weight excluding hydrogens is 388 g/mol. The molecule has 146 valence electrons. The van der Waals surface area contributed by atoms with Crippen molar-refractivity contribution in [2.75, 3.05) is 11.4 Å². The number of fused-ring (bicyclic) bond motifs is 1. The summed E-state index contributed by atoms with van der Waals surface area (Å²) in [6.07, 6.45) is 4.18. The lowest BCUT2D eigenvalue weighted by Crippen LogP contribution is -2.40. The summed E-state index contributed by atoms with van der Waals surface area (Å²) in [5, 5.41) is 16.0. The molecule has 2 heterocycles. The highest BCUT2D eigenvalue weighted by Gasteiger charge is 2.33. The zero-order valence-electron chi connectivity index (χ0n) is 15.6. The first-order chi connectivity index (χ1) is 14.2. The van der Waals surface area contributed by atoms with Gasteiger partial charge in [-0.3, -0.25) is 9.69 Å². The Hall–Kier alpha value is -3.19. The Labute approximate surface area is 173 Å². The van der Waals surface area contributed by atoms with Crippen molar-refractivity contribution < 1.29 is 4.79 Å². The van der Waals surface area contributed by atoms with Gasteiger partial charge < -0.3 is 5.32 Å². The van der Waals surface area contributed by atoms with E-state index in [-0.39, 0.29) is 18.5 Å². The number of allylic oxidation sites excluding steroid dienone is 1. The number of aromatic nitrogens is 4. The number of carbonyl (C=O) groups excluding carboxylic acids is 1. The summed E-state index contributed by atoms with van der Waals surface area (Å²) in [4.78, 5) is 14.5. The number of rotatable bonds is 5. The average Bonchev–Trinajstić information content (AvgIpc) is 3.41. The van der Waals surface area contributed by atoms with Crippen LogP contribution in [0.5, 0.6) is 0 Å². The summed E-state index contributed by atoms with van der Waals surface area (Å²) in [6.45, 7) is 0.158. The maximum atomic E-state index is 12.6. The van der Waals surface area contributed by atoms with Gasteiger partial charge in [0.15, 0.2) is 0 Å². The molecule has 1 amide bonds. The molecule has 1 fully saturated rings. The molecule has 0 saturated heterocycles. The Balaban J connectivity index is 1.57. The van der Waals surface area contributed by atoms with E-state index in [2.05, 4.69) is 26.9 Å². The Kier molecular flexibility index (Phi) is 4.52. The third kappa shape index (κ3) is 3.61. The van der Waals surface area contributed by atoms with Crippen molar-refractivity contribution in [1.29, 1.82) is 0 Å². The predicted octanol–water partition coefficient (Wildman–Crippen LogP) is 3.06. The molecule has 0 bridgehead atoms. The van der Waals surface area contributed by atoms with Gasteiger partial charge in [-0.2, -0.15) is 4.68 Å². The van der Waals surface area contributed by atoms with E-state index in [0.717, 1.165) is 29.7 Å². The summed E-state index contributed by atoms with van der Waals surface area (Å²) in [6, 6.07) is 17.7. The minimum Gasteiger partial charge on any atom is -0.352 e. The summed E-state index contributed by atoms with van der Waals surface area (Å²) >= 11 is 6.07. The Morgan fingerprint density at radius 2 is 1.86 bits per heavy atom. The van der Waals surface area contributed by atoms with E-state index in [4.69, 9.17) is 11.6 Å². The smallest absolute Gasteiger partial charge is 0.251 e. The first-order valence-corrected chi connectivity index (χ1v) is 9.94. The molecule has 1 N–H and O–H groups in total. The maximum absolute atomic E-state index is 12.6. The lowest BCUT2D eigenvalue weighted by molar-refractivity contribution is -0.119. The third-order valence-electron chi connectivity index (χ3n) is 5.11. The fourth-order valence-corrected chi connectivity index (χ4v) is 3.65. The number of nitrogens with zero attached hydrogens (tertiary/aromatic N) is 5. The van der Waals surface area contributed by atoms with E-state index in [1.807, 2.05) is 59.5 Å². The molecule has 2 aliphatic rings. The second-order valence-corrected chi connectivity index (χ2v) is 7.70. The van der Waals surface area contributed by atoms with Crippen molar-refractivity contribution in [2.45, 2.75) is 24.9 Å². The molecule has 3 aromatic rings. The number of carbonyl (C=O) groups is 1. The molecule has 1 aliphatic heterocycles. The van der Waals surface area contributed by atoms with Crippen LogP contribution in [0.25, 0.3) is 5.70 Å². The lowest BCUT2D eigenvalue weighted by atomic mass is 10.0. The highest BCUT2D eigenvalue weighted by atomic mass is 35.5. The highest BCUT2D eigenvalue weighted by Crippen LogP contribution is 2.36. The SMILES string of the molecule is O=C(CN1C(c2ccccc2)=CC(c2ccc(Cl)cc2)n2nnnc21)NC1CC1. The van der Waals surface area contributed by atoms with Crippen molar-refractivity contribution in [1.82, 2.24) is 25.5 Å². The number of benzene rings is 2. The van der Waals surface area contributed by atoms with E-state index in [9.17, 15) is 4.79 Å². The third-order valence-corrected chi connectivity index (χ3v) is 5.36. The molecule has 0 radical (unpaired) electrons. The number of amides is 1. The largest absolute Gasteiger partial charge is 0.352 e. The van der Waals surface area contributed by atoms with Gasteiger partial charge in [-0.1, -0.05) is 59.2 Å². The van der Waals surface area contributed by atoms with E-state index >= 15 is 0 Å². The molecule has 1 aromatic heterocycles. The molecule has 29 heavy (non-hydrogen) atoms. The maximum Gasteiger partial charge on any atom is 0.251 e. The minimum atomic E-state index is -0.199. The average molecular weight is 407 g/mol. The van der Waals surface area contributed by atoms with E-state index < -0.39 is 0 Å². The van der Waals surface area contributed by atoms with Crippen LogP contribution >= 0.6 is 11.6 Å². The first-order valence-electron chi connectivity index (χ1n) is 9.56. The van der Waals surface area contributed by atoms with Crippen molar-refractivity contribution in [3.63, 3.8) is 0 Å². The quantitative estimate of drug-likeness (QED) is 0.704. The van der Waals surface area contributed by atoms with Crippen LogP contribution in [0.4, 0.5) is 5.95 Å². The lowest BCUT2D eigenvalue weighted by Gasteiger charge is -2.32. The van der Waals surface area contributed by atoms with Crippen LogP contribution in [0.1, 0.15) is 30.0 Å². The molecule has 0 spiro atoms. The summed E-state index contributed by atoms with van der Waals surface area (Å²) in [7, 11) is 0. The second-order valence-electron chi connectivity index (χ2n) is 7.27. The van der Waals surface area contributed by atoms with Crippen molar-refractivity contribution in [3.8, 4) is 0 Å². The standard InChI is InChI=1S/C21H19ClN6O/c22-16-8-6-15(7-9-16)19-12-18(14-4-2-1-3-5-14)27(21-24-25-26-28(19)21)13-20(29)23-17-10-11-17/h1-9,12,17,19H,10-11,13H2,(H,23,29). The molecule has 1 aliphatic carbocycles. The van der Waals surface area contributed by atoms with Crippen LogP contribution in [-0.4, -0.2) is 38.7 Å². The zero-order chi connectivity index (χ0) is 19.8. The Bertz CT molecular complexity index is 1060. The van der Waals surface area contributed by atoms with Crippen LogP contribution in [0, 0.1) is 0 Å². The highest BCUT2D eigenvalue weighted by molar-refractivity contribution is 6.30. The number of nitrogens with one attached hydrogen (secondary N) is 1. The van der Waals surface area contributed by atoms with Gasteiger partial charge in [0.1, 0.15) is 12.6 Å². The number of hydrogen-bond acceptors (Lipinski definition) is 5. The Morgan fingerprint density at radius 3 is 2.59 bits per heavy atom. The molecule has 8 heteroatoms. The van der Waals surface area contributed by atoms with Crippen LogP contribution in [0.15, 0.2) is 60.7 Å². The molecule has 2 aromatic carbocycles. The van der Waals surface area contributed by atoms with Crippen LogP contribution in [0.2, 0.25) is 5.02 Å². The van der Waals surface area contributed by atoms with Gasteiger partial charge in [-0.25, -0.2) is 0 Å². The monoisotopic (exact) mass is 406 g/mol. The summed E-state index contributed by atoms with van der Waals surface area (Å²) in [5.41, 5.74) is 2.91. The van der Waals surface area contributed by atoms with Gasteiger partial charge in [-0.15, -0.1) is 0 Å². The van der Waals surface area contributed by atoms with Gasteiger partial charge in [0.25, 0.3) is 5.95 Å². The van der Waals surface area contributed by atoms with Crippen molar-refractivity contribution >= 4 is 29.2 Å². The molecule has 1 atom stereocenters. The van der Waals surface area contributed by atoms with Crippen molar-refractivity contribution in [3.05, 3.63) is 76.8 Å². The normalized spacial score (nSPS) is 18.2. The fourth-order valence-electron chi connectivity index (χ4n) is 3.52. The van der Waals surface area contributed by atoms with E-state index in [1.165, 1.54) is 0 Å². The molecule has 1 unspecified atom stereocenters. The molecule has 1 saturated carbocycles. The van der Waals surface area contributed by atoms with Gasteiger partial charge in [0.2, 0.25) is 5.91 Å². The van der Waals surface area contributed by atoms with E-state index in [0.29, 0.717) is 17.0 Å². The zero-order valence-corrected chi connectivity index (χ0v) is 16.3. The van der Waals surface area contributed by atoms with Gasteiger partial charge >= 0.3 is 0 Å². The van der Waals surface area contributed by atoms with Crippen LogP contribution in [0.3, 0.4) is 0 Å². The van der Waals surface area contributed by atoms with Crippen LogP contribution in [-0.2, 0) is 4.79 Å². The topological polar surface area (TPSA) is 75.9 Å². The van der Waals surface area contributed by atoms with E-state index in [1.54, 1.807) is 4.68 Å². The molecule has 7 nitrogen and oxygen atoms in total. The summed E-state index contributed by atoms with van der Waals surface area (Å²) in [5.74, 6) is 0.506. The minimum absolute atomic E-state index is 0.0335. The van der Waals surface area contributed by atoms with Gasteiger partial charge in [0.05, 0.1) is 5.70 Å². The van der Waals surface area contributed by atoms with Crippen LogP contribution < -0.4 is 10.2 Å². The van der Waals surface area contributed by atoms with Crippen molar-refractivity contribution in [2.24, 2.45) is 0 Å². The second kappa shape index (κ2) is 7.33. The Morgan fingerprint density at radius 1 is 1.10 bits per heavy atom. The number of anilines is 1. The first kappa shape index (κ1) is 17.9. The predicted molar refractivity (Wildman–Crippen MR) is 110 cm³/mol. The summed E-state index contributed by atoms with van der Waals surface area (Å²) < 4.78 is 1.74. The number of tetrazole rings is 1. The van der Waals surface area contributed by atoms with Gasteiger partial charge in [-0.05, 0) is 52.6 Å². The number of halogens is 1. The molecular formula is C21H19ClN6O.